The second-order valence-corrected chi connectivity index (χ2v) is 10.4. The van der Waals surface area contributed by atoms with Gasteiger partial charge in [0.2, 0.25) is 0 Å². The van der Waals surface area contributed by atoms with Crippen LogP contribution in [0.2, 0.25) is 0 Å². The molecule has 0 heteroatoms. The Morgan fingerprint density at radius 3 is 2.16 bits per heavy atom. The monoisotopic (exact) mass is 416 g/mol. The summed E-state index contributed by atoms with van der Waals surface area (Å²) in [5, 5.41) is 0. The molecule has 0 radical (unpaired) electrons. The predicted octanol–water partition coefficient (Wildman–Crippen LogP) is 8.82. The van der Waals surface area contributed by atoms with Gasteiger partial charge >= 0.3 is 0 Å². The molecule has 1 fully saturated rings. The first-order valence-electron chi connectivity index (χ1n) is 12.7. The van der Waals surface area contributed by atoms with E-state index in [1.165, 1.54) is 79.2 Å². The average molecular weight is 417 g/mol. The van der Waals surface area contributed by atoms with E-state index in [-0.39, 0.29) is 0 Å². The zero-order valence-corrected chi connectivity index (χ0v) is 20.6. The van der Waals surface area contributed by atoms with Gasteiger partial charge in [-0.3, -0.25) is 0 Å². The van der Waals surface area contributed by atoms with Crippen LogP contribution in [-0.2, 0) is 19.3 Å². The minimum Gasteiger partial charge on any atom is -0.0995 e. The van der Waals surface area contributed by atoms with Crippen LogP contribution in [0.25, 0.3) is 0 Å². The molecule has 1 unspecified atom stereocenters. The molecule has 3 rings (SSSR count). The lowest BCUT2D eigenvalue weighted by molar-refractivity contribution is 0.235. The van der Waals surface area contributed by atoms with E-state index >= 15 is 0 Å². The molecule has 1 aliphatic carbocycles. The van der Waals surface area contributed by atoms with Crippen molar-refractivity contribution in [2.45, 2.75) is 91.9 Å². The lowest BCUT2D eigenvalue weighted by Crippen LogP contribution is -2.17. The molecular formula is C31H44. The van der Waals surface area contributed by atoms with Crippen molar-refractivity contribution in [1.82, 2.24) is 0 Å². The van der Waals surface area contributed by atoms with Crippen molar-refractivity contribution in [1.29, 1.82) is 0 Å². The summed E-state index contributed by atoms with van der Waals surface area (Å²) in [4.78, 5) is 0. The number of benzene rings is 2. The maximum atomic E-state index is 4.46. The molecule has 0 nitrogen and oxygen atoms in total. The van der Waals surface area contributed by atoms with Gasteiger partial charge in [0, 0.05) is 0 Å². The van der Waals surface area contributed by atoms with Gasteiger partial charge in [-0.1, -0.05) is 81.3 Å². The first-order chi connectivity index (χ1) is 15.0. The van der Waals surface area contributed by atoms with Crippen LogP contribution >= 0.6 is 0 Å². The summed E-state index contributed by atoms with van der Waals surface area (Å²) in [7, 11) is 0. The molecule has 1 atom stereocenters. The van der Waals surface area contributed by atoms with Gasteiger partial charge in [0.25, 0.3) is 0 Å². The summed E-state index contributed by atoms with van der Waals surface area (Å²) >= 11 is 0. The molecule has 31 heavy (non-hydrogen) atoms. The van der Waals surface area contributed by atoms with Crippen LogP contribution in [0.3, 0.4) is 0 Å². The van der Waals surface area contributed by atoms with E-state index in [2.05, 4.69) is 76.7 Å². The van der Waals surface area contributed by atoms with Crippen molar-refractivity contribution in [2.75, 3.05) is 0 Å². The van der Waals surface area contributed by atoms with E-state index in [9.17, 15) is 0 Å². The average Bonchev–Trinajstić information content (AvgIpc) is 2.76. The van der Waals surface area contributed by atoms with Crippen LogP contribution in [0.4, 0.5) is 0 Å². The highest BCUT2D eigenvalue weighted by molar-refractivity contribution is 5.36. The van der Waals surface area contributed by atoms with E-state index in [4.69, 9.17) is 0 Å². The van der Waals surface area contributed by atoms with Gasteiger partial charge < -0.3 is 0 Å². The smallest absolute Gasteiger partial charge is 0.00645 e. The molecule has 0 N–H and O–H groups in total. The van der Waals surface area contributed by atoms with Crippen molar-refractivity contribution in [3.8, 4) is 0 Å². The lowest BCUT2D eigenvalue weighted by Gasteiger charge is -2.31. The normalized spacial score (nSPS) is 19.9. The quantitative estimate of drug-likeness (QED) is 0.339. The van der Waals surface area contributed by atoms with Crippen LogP contribution in [0, 0.1) is 31.6 Å². The first-order valence-corrected chi connectivity index (χ1v) is 12.7. The Morgan fingerprint density at radius 2 is 1.52 bits per heavy atom. The van der Waals surface area contributed by atoms with Gasteiger partial charge in [0.15, 0.2) is 0 Å². The third kappa shape index (κ3) is 7.09. The number of allylic oxidation sites excluding steroid dienone is 1. The maximum absolute atomic E-state index is 4.46. The zero-order valence-electron chi connectivity index (χ0n) is 20.6. The highest BCUT2D eigenvalue weighted by atomic mass is 14.3. The van der Waals surface area contributed by atoms with Gasteiger partial charge in [-0.15, -0.1) is 0 Å². The first kappa shape index (κ1) is 23.8. The van der Waals surface area contributed by atoms with Crippen LogP contribution in [0.1, 0.15) is 86.6 Å². The Kier molecular flexibility index (Phi) is 9.00. The summed E-state index contributed by atoms with van der Waals surface area (Å²) in [6.07, 6.45) is 13.1. The number of rotatable bonds is 10. The predicted molar refractivity (Wildman–Crippen MR) is 137 cm³/mol. The second-order valence-electron chi connectivity index (χ2n) is 10.4. The highest BCUT2D eigenvalue weighted by Crippen LogP contribution is 2.36. The zero-order chi connectivity index (χ0) is 22.2. The largest absolute Gasteiger partial charge is 0.0995 e. The molecular weight excluding hydrogens is 372 g/mol. The standard InChI is InChI=1S/C31H44/c1-6-29-12-7-8-13-30(29)19-14-23(2)20-27-15-17-28(18-16-27)21-24(3)22-31-25(4)10-9-11-26(31)5/h7-13,23,27-28H,3,6,14-22H2,1-2,4-5H3. The van der Waals surface area contributed by atoms with E-state index in [1.54, 1.807) is 5.56 Å². The summed E-state index contributed by atoms with van der Waals surface area (Å²) in [6, 6.07) is 15.7. The van der Waals surface area contributed by atoms with E-state index < -0.39 is 0 Å². The van der Waals surface area contributed by atoms with Gasteiger partial charge in [0.1, 0.15) is 0 Å². The Bertz CT molecular complexity index is 815. The summed E-state index contributed by atoms with van der Waals surface area (Å²) < 4.78 is 0. The molecule has 0 aromatic heterocycles. The van der Waals surface area contributed by atoms with Gasteiger partial charge in [-0.05, 0) is 111 Å². The molecule has 1 aliphatic rings. The molecule has 0 aliphatic heterocycles. The van der Waals surface area contributed by atoms with Gasteiger partial charge in [-0.2, -0.15) is 0 Å². The molecule has 0 amide bonds. The fourth-order valence-electron chi connectivity index (χ4n) is 5.76. The molecule has 0 saturated heterocycles. The number of hydrogen-bond donors (Lipinski definition) is 0. The Balaban J connectivity index is 1.38. The third-order valence-corrected chi connectivity index (χ3v) is 7.76. The molecule has 2 aromatic carbocycles. The SMILES string of the molecule is C=C(Cc1c(C)cccc1C)CC1CCC(CC(C)CCc2ccccc2CC)CC1. The molecule has 0 bridgehead atoms. The van der Waals surface area contributed by atoms with Crippen LogP contribution < -0.4 is 0 Å². The van der Waals surface area contributed by atoms with Crippen molar-refractivity contribution < 1.29 is 0 Å². The van der Waals surface area contributed by atoms with Crippen molar-refractivity contribution in [3.63, 3.8) is 0 Å². The maximum Gasteiger partial charge on any atom is -0.00645 e. The molecule has 1 saturated carbocycles. The molecule has 0 spiro atoms. The molecule has 2 aromatic rings. The minimum atomic E-state index is 0.838. The number of hydrogen-bond acceptors (Lipinski definition) is 0. The Hall–Kier alpha value is -1.82. The Morgan fingerprint density at radius 1 is 0.903 bits per heavy atom. The van der Waals surface area contributed by atoms with Gasteiger partial charge in [-0.25, -0.2) is 0 Å². The topological polar surface area (TPSA) is 0 Å². The van der Waals surface area contributed by atoms with E-state index in [1.807, 2.05) is 0 Å². The van der Waals surface area contributed by atoms with Crippen molar-refractivity contribution in [2.24, 2.45) is 17.8 Å². The molecule has 168 valence electrons. The summed E-state index contributed by atoms with van der Waals surface area (Å²) in [6.45, 7) is 13.7. The van der Waals surface area contributed by atoms with Crippen molar-refractivity contribution in [3.05, 3.63) is 82.4 Å². The fraction of sp³-hybridized carbons (Fsp3) is 0.548. The van der Waals surface area contributed by atoms with Crippen LogP contribution in [0.15, 0.2) is 54.6 Å². The van der Waals surface area contributed by atoms with E-state index in [0.717, 1.165) is 30.6 Å². The summed E-state index contributed by atoms with van der Waals surface area (Å²) in [5.74, 6) is 2.64. The number of aryl methyl sites for hydroxylation is 4. The van der Waals surface area contributed by atoms with E-state index in [0.29, 0.717) is 0 Å². The van der Waals surface area contributed by atoms with Gasteiger partial charge in [0.05, 0.1) is 0 Å². The Labute approximate surface area is 192 Å². The van der Waals surface area contributed by atoms with Crippen molar-refractivity contribution >= 4 is 0 Å². The second kappa shape index (κ2) is 11.7. The van der Waals surface area contributed by atoms with Crippen LogP contribution in [-0.4, -0.2) is 0 Å². The fourth-order valence-corrected chi connectivity index (χ4v) is 5.76. The summed E-state index contributed by atoms with van der Waals surface area (Å²) in [5.41, 5.74) is 8.88. The minimum absolute atomic E-state index is 0.838. The highest BCUT2D eigenvalue weighted by Gasteiger charge is 2.23. The van der Waals surface area contributed by atoms with Crippen LogP contribution in [0.5, 0.6) is 0 Å². The molecule has 0 heterocycles. The lowest BCUT2D eigenvalue weighted by atomic mass is 9.75. The third-order valence-electron chi connectivity index (χ3n) is 7.76.